The average Bonchev–Trinajstić information content (AvgIpc) is 3.00. The first-order valence-electron chi connectivity index (χ1n) is 7.40. The number of fused-ring (bicyclic) bond motifs is 1. The molecule has 10 nitrogen and oxygen atoms in total. The average molecular weight is 381 g/mol. The normalized spacial score (nSPS) is 33.6. The van der Waals surface area contributed by atoms with Crippen LogP contribution in [0.3, 0.4) is 0 Å². The third-order valence-electron chi connectivity index (χ3n) is 4.88. The summed E-state index contributed by atoms with van der Waals surface area (Å²) in [6, 6.07) is 0. The molecular formula is C12H21N3O7P2. The predicted molar refractivity (Wildman–Crippen MR) is 85.7 cm³/mol. The van der Waals surface area contributed by atoms with Gasteiger partial charge >= 0.3 is 138 Å². The van der Waals surface area contributed by atoms with Crippen LogP contribution in [0.4, 0.5) is 0 Å². The van der Waals surface area contributed by atoms with Crippen LogP contribution in [0.5, 0.6) is 0 Å². The Morgan fingerprint density at radius 2 is 2.25 bits per heavy atom. The standard InChI is InChI=1S/C12H21N3O7P2/c13-5-9(16)11-2-1-8(11)10(22-11)23(18)12(17,24(19,20)21)6-15-4-3-14-7-15/h3-4,7-8,10,17-21,24H,1-2,5-6,13H2/t8-,10?,11?,12?,23+/m0/s1. The third-order valence-corrected chi connectivity index (χ3v) is 9.54. The summed E-state index contributed by atoms with van der Waals surface area (Å²) >= 11 is 0. The van der Waals surface area contributed by atoms with Crippen LogP contribution < -0.4 is 5.73 Å². The SMILES string of the molecule is NCC(=O)C12CC[C@H]1C([P@@](O)C(O)(Cn1ccnc1)[PH](O)(O)O)O2. The van der Waals surface area contributed by atoms with E-state index in [1.165, 1.54) is 23.3 Å². The minimum atomic E-state index is -5.17. The third kappa shape index (κ3) is 2.54. The number of imidazole rings is 1. The topological polar surface area (TPSA) is 171 Å². The van der Waals surface area contributed by atoms with Crippen molar-refractivity contribution < 1.29 is 34.2 Å². The molecule has 2 aliphatic rings. The number of hydrogen-bond acceptors (Lipinski definition) is 9. The van der Waals surface area contributed by atoms with Crippen molar-refractivity contribution in [1.29, 1.82) is 0 Å². The van der Waals surface area contributed by atoms with Gasteiger partial charge < -0.3 is 0 Å². The number of carbonyl (C=O) groups excluding carboxylic acids is 1. The van der Waals surface area contributed by atoms with Crippen LogP contribution in [0.1, 0.15) is 12.8 Å². The fourth-order valence-electron chi connectivity index (χ4n) is 3.30. The molecule has 136 valence electrons. The molecule has 1 aromatic rings. The molecule has 1 aliphatic heterocycles. The zero-order valence-electron chi connectivity index (χ0n) is 12.7. The van der Waals surface area contributed by atoms with Gasteiger partial charge in [0.15, 0.2) is 0 Å². The van der Waals surface area contributed by atoms with Crippen molar-refractivity contribution in [3.63, 3.8) is 0 Å². The number of ketones is 1. The summed E-state index contributed by atoms with van der Waals surface area (Å²) in [7, 11) is -7.73. The van der Waals surface area contributed by atoms with Crippen LogP contribution in [-0.2, 0) is 16.1 Å². The molecule has 5 atom stereocenters. The molecule has 0 aromatic carbocycles. The van der Waals surface area contributed by atoms with E-state index in [4.69, 9.17) is 10.5 Å². The number of hydrogen-bond donors (Lipinski definition) is 6. The van der Waals surface area contributed by atoms with Gasteiger partial charge in [-0.15, -0.1) is 0 Å². The first-order chi connectivity index (χ1) is 11.2. The Kier molecular flexibility index (Phi) is 4.58. The number of rotatable bonds is 7. The molecule has 24 heavy (non-hydrogen) atoms. The van der Waals surface area contributed by atoms with Gasteiger partial charge in [-0.25, -0.2) is 0 Å². The van der Waals surface area contributed by atoms with Crippen LogP contribution in [-0.4, -0.2) is 63.1 Å². The van der Waals surface area contributed by atoms with Crippen molar-refractivity contribution in [1.82, 2.24) is 9.55 Å². The molecule has 3 rings (SSSR count). The van der Waals surface area contributed by atoms with E-state index in [2.05, 4.69) is 4.98 Å². The Morgan fingerprint density at radius 1 is 1.54 bits per heavy atom. The van der Waals surface area contributed by atoms with Crippen LogP contribution in [0.2, 0.25) is 0 Å². The molecule has 7 N–H and O–H groups in total. The molecule has 0 spiro atoms. The maximum absolute atomic E-state index is 11.9. The second kappa shape index (κ2) is 6.02. The fourth-order valence-corrected chi connectivity index (χ4v) is 7.05. The molecule has 2 heterocycles. The van der Waals surface area contributed by atoms with E-state index in [9.17, 15) is 29.5 Å². The van der Waals surface area contributed by atoms with E-state index in [0.29, 0.717) is 12.8 Å². The van der Waals surface area contributed by atoms with E-state index in [0.717, 1.165) is 0 Å². The Balaban J connectivity index is 1.81. The quantitative estimate of drug-likeness (QED) is 0.305. The molecule has 1 saturated carbocycles. The molecule has 0 amide bonds. The molecule has 1 aliphatic carbocycles. The number of aromatic nitrogens is 2. The first-order valence-corrected chi connectivity index (χ1v) is 10.6. The molecule has 3 unspecified atom stereocenters. The second-order valence-corrected chi connectivity index (χ2v) is 10.7. The van der Waals surface area contributed by atoms with E-state index >= 15 is 0 Å². The molecule has 12 heteroatoms. The van der Waals surface area contributed by atoms with Gasteiger partial charge in [0, 0.05) is 0 Å². The van der Waals surface area contributed by atoms with Crippen molar-refractivity contribution in [3.05, 3.63) is 18.7 Å². The van der Waals surface area contributed by atoms with Crippen LogP contribution in [0, 0.1) is 5.92 Å². The fraction of sp³-hybridized carbons (Fsp3) is 0.667. The van der Waals surface area contributed by atoms with Crippen molar-refractivity contribution >= 4 is 21.9 Å². The van der Waals surface area contributed by atoms with Gasteiger partial charge in [0.1, 0.15) is 0 Å². The molecule has 0 radical (unpaired) electrons. The Labute approximate surface area is 139 Å². The zero-order chi connectivity index (χ0) is 17.8. The van der Waals surface area contributed by atoms with Crippen LogP contribution in [0.15, 0.2) is 18.7 Å². The molecule has 2 fully saturated rings. The second-order valence-electron chi connectivity index (χ2n) is 6.20. The number of carbonyl (C=O) groups is 1. The number of nitrogens with zero attached hydrogens (tertiary/aromatic N) is 2. The summed E-state index contributed by atoms with van der Waals surface area (Å²) in [5.41, 5.74) is 4.33. The van der Waals surface area contributed by atoms with Gasteiger partial charge in [0.2, 0.25) is 0 Å². The van der Waals surface area contributed by atoms with Gasteiger partial charge in [-0.05, 0) is 0 Å². The van der Waals surface area contributed by atoms with E-state index in [-0.39, 0.29) is 18.2 Å². The molecular weight excluding hydrogens is 360 g/mol. The summed E-state index contributed by atoms with van der Waals surface area (Å²) in [6.07, 6.45) is 5.23. The summed E-state index contributed by atoms with van der Waals surface area (Å²) in [5, 5.41) is 8.13. The van der Waals surface area contributed by atoms with Crippen molar-refractivity contribution in [2.24, 2.45) is 11.7 Å². The van der Waals surface area contributed by atoms with Gasteiger partial charge in [-0.2, -0.15) is 0 Å². The Morgan fingerprint density at radius 3 is 2.67 bits per heavy atom. The van der Waals surface area contributed by atoms with E-state index < -0.39 is 39.2 Å². The van der Waals surface area contributed by atoms with Crippen molar-refractivity contribution in [2.75, 3.05) is 6.54 Å². The number of ether oxygens (including phenoxy) is 1. The van der Waals surface area contributed by atoms with Gasteiger partial charge in [0.25, 0.3) is 0 Å². The van der Waals surface area contributed by atoms with Crippen LogP contribution in [0.25, 0.3) is 0 Å². The van der Waals surface area contributed by atoms with Crippen molar-refractivity contribution in [2.45, 2.75) is 35.9 Å². The van der Waals surface area contributed by atoms with Gasteiger partial charge in [-0.3, -0.25) is 0 Å². The number of Topliss-reactive ketones (excluding diaryl/α,β-unsaturated/α-hetero) is 1. The van der Waals surface area contributed by atoms with E-state index in [1.54, 1.807) is 0 Å². The number of aliphatic hydroxyl groups is 1. The zero-order valence-corrected chi connectivity index (χ0v) is 14.6. The van der Waals surface area contributed by atoms with Gasteiger partial charge in [-0.1, -0.05) is 0 Å². The summed E-state index contributed by atoms with van der Waals surface area (Å²) in [6.45, 7) is -0.653. The summed E-state index contributed by atoms with van der Waals surface area (Å²) in [4.78, 5) is 55.5. The summed E-state index contributed by atoms with van der Waals surface area (Å²) in [5.74, 6) is -1.57. The first kappa shape index (κ1) is 18.3. The molecule has 1 saturated heterocycles. The number of nitrogens with two attached hydrogens (primary N) is 1. The van der Waals surface area contributed by atoms with Gasteiger partial charge in [0.05, 0.1) is 0 Å². The van der Waals surface area contributed by atoms with E-state index in [1.807, 2.05) is 0 Å². The Bertz CT molecular complexity index is 625. The summed E-state index contributed by atoms with van der Waals surface area (Å²) < 4.78 is 6.87. The molecule has 0 bridgehead atoms. The predicted octanol–water partition coefficient (Wildman–Crippen LogP) is -1.58. The Hall–Kier alpha value is -0.540. The monoisotopic (exact) mass is 381 g/mol. The minimum absolute atomic E-state index is 0.190. The maximum atomic E-state index is 11.9. The van der Waals surface area contributed by atoms with Crippen LogP contribution >= 0.6 is 16.1 Å². The van der Waals surface area contributed by atoms with Crippen molar-refractivity contribution in [3.8, 4) is 0 Å². The molecule has 1 aromatic heterocycles.